The summed E-state index contributed by atoms with van der Waals surface area (Å²) in [5.74, 6) is 1.70. The topological polar surface area (TPSA) is 147 Å². The first kappa shape index (κ1) is 27.2. The average molecular weight is 565 g/mol. The van der Waals surface area contributed by atoms with E-state index >= 15 is 0 Å². The number of fused-ring (bicyclic) bond motifs is 1. The molecular weight excluding hydrogens is 532 g/mol. The number of pyridine rings is 3. The number of nitrogens with zero attached hydrogens (tertiary/aromatic N) is 9. The molecule has 0 aromatic carbocycles. The van der Waals surface area contributed by atoms with Crippen molar-refractivity contribution >= 4 is 17.2 Å². The zero-order chi connectivity index (χ0) is 29.2. The number of aliphatic hydroxyl groups is 1. The van der Waals surface area contributed by atoms with E-state index in [1.54, 1.807) is 29.4 Å². The first-order valence-electron chi connectivity index (χ1n) is 13.8. The summed E-state index contributed by atoms with van der Waals surface area (Å²) >= 11 is 0. The van der Waals surface area contributed by atoms with Gasteiger partial charge in [0.05, 0.1) is 31.5 Å². The van der Waals surface area contributed by atoms with Gasteiger partial charge < -0.3 is 20.5 Å². The molecule has 0 spiro atoms. The van der Waals surface area contributed by atoms with Crippen molar-refractivity contribution in [2.24, 2.45) is 0 Å². The van der Waals surface area contributed by atoms with Gasteiger partial charge >= 0.3 is 0 Å². The summed E-state index contributed by atoms with van der Waals surface area (Å²) in [7, 11) is 1.62. The number of ether oxygens (including phenoxy) is 1. The van der Waals surface area contributed by atoms with Crippen LogP contribution in [0.2, 0.25) is 0 Å². The van der Waals surface area contributed by atoms with Crippen LogP contribution < -0.4 is 15.4 Å². The molecule has 0 bridgehead atoms. The fourth-order valence-electron chi connectivity index (χ4n) is 5.32. The SMILES string of the molecule is COc1ccc(CN2CCN(c3ccc(-c4cc(-c5cnn(C[C@H](C)O)c5)cn5nc(N)c(C#N)c45)cn3)CC2)cn1. The number of aromatic nitrogens is 6. The number of nitrogens with two attached hydrogens (primary N) is 1. The Labute approximate surface area is 243 Å². The molecule has 0 radical (unpaired) electrons. The van der Waals surface area contributed by atoms with E-state index in [4.69, 9.17) is 15.5 Å². The molecule has 1 fully saturated rings. The highest BCUT2D eigenvalue weighted by Gasteiger charge is 2.21. The second kappa shape index (κ2) is 11.5. The van der Waals surface area contributed by atoms with E-state index < -0.39 is 6.10 Å². The Morgan fingerprint density at radius 2 is 1.86 bits per heavy atom. The Morgan fingerprint density at radius 1 is 1.02 bits per heavy atom. The molecule has 0 unspecified atom stereocenters. The fraction of sp³-hybridized carbons (Fsp3) is 0.300. The van der Waals surface area contributed by atoms with Gasteiger partial charge in [-0.15, -0.1) is 5.10 Å². The van der Waals surface area contributed by atoms with Crippen LogP contribution in [-0.2, 0) is 13.1 Å². The number of anilines is 2. The van der Waals surface area contributed by atoms with Crippen molar-refractivity contribution in [3.63, 3.8) is 0 Å². The predicted octanol–water partition coefficient (Wildman–Crippen LogP) is 2.82. The van der Waals surface area contributed by atoms with Crippen LogP contribution in [-0.4, -0.2) is 78.8 Å². The number of hydrogen-bond acceptors (Lipinski definition) is 10. The highest BCUT2D eigenvalue weighted by Crippen LogP contribution is 2.34. The normalized spacial score (nSPS) is 14.7. The summed E-state index contributed by atoms with van der Waals surface area (Å²) < 4.78 is 8.51. The summed E-state index contributed by atoms with van der Waals surface area (Å²) in [5, 5.41) is 28.4. The zero-order valence-corrected chi connectivity index (χ0v) is 23.6. The summed E-state index contributed by atoms with van der Waals surface area (Å²) in [5.41, 5.74) is 11.6. The molecule has 1 aliphatic rings. The van der Waals surface area contributed by atoms with Crippen LogP contribution in [0.5, 0.6) is 5.88 Å². The largest absolute Gasteiger partial charge is 0.481 e. The lowest BCUT2D eigenvalue weighted by Crippen LogP contribution is -2.46. The van der Waals surface area contributed by atoms with Crippen LogP contribution in [0.15, 0.2) is 61.3 Å². The van der Waals surface area contributed by atoms with Gasteiger partial charge in [0.15, 0.2) is 5.82 Å². The average Bonchev–Trinajstić information content (AvgIpc) is 3.60. The van der Waals surface area contributed by atoms with Crippen molar-refractivity contribution in [3.8, 4) is 34.2 Å². The van der Waals surface area contributed by atoms with Crippen molar-refractivity contribution in [2.45, 2.75) is 26.1 Å². The first-order valence-corrected chi connectivity index (χ1v) is 13.8. The van der Waals surface area contributed by atoms with Crippen molar-refractivity contribution in [2.75, 3.05) is 43.9 Å². The third-order valence-electron chi connectivity index (χ3n) is 7.45. The Bertz CT molecular complexity index is 1730. The van der Waals surface area contributed by atoms with Gasteiger partial charge in [-0.25, -0.2) is 14.5 Å². The van der Waals surface area contributed by atoms with Crippen molar-refractivity contribution in [1.29, 1.82) is 5.26 Å². The smallest absolute Gasteiger partial charge is 0.212 e. The molecule has 5 aromatic heterocycles. The molecule has 3 N–H and O–H groups in total. The lowest BCUT2D eigenvalue weighted by Gasteiger charge is -2.35. The van der Waals surface area contributed by atoms with Gasteiger partial charge in [0.2, 0.25) is 5.88 Å². The van der Waals surface area contributed by atoms with E-state index in [0.29, 0.717) is 23.5 Å². The number of aliphatic hydroxyl groups excluding tert-OH is 1. The van der Waals surface area contributed by atoms with E-state index in [-0.39, 0.29) is 5.82 Å². The van der Waals surface area contributed by atoms with Crippen LogP contribution in [0, 0.1) is 11.3 Å². The summed E-state index contributed by atoms with van der Waals surface area (Å²) in [6.07, 6.45) is 8.65. The highest BCUT2D eigenvalue weighted by molar-refractivity contribution is 5.90. The minimum Gasteiger partial charge on any atom is -0.481 e. The minimum absolute atomic E-state index is 0.175. The van der Waals surface area contributed by atoms with Gasteiger partial charge in [-0.05, 0) is 30.7 Å². The molecule has 0 aliphatic carbocycles. The molecule has 6 heterocycles. The second-order valence-corrected chi connectivity index (χ2v) is 10.5. The van der Waals surface area contributed by atoms with E-state index in [0.717, 1.165) is 66.4 Å². The van der Waals surface area contributed by atoms with Crippen LogP contribution in [0.4, 0.5) is 11.6 Å². The predicted molar refractivity (Wildman–Crippen MR) is 159 cm³/mol. The number of piperazine rings is 1. The van der Waals surface area contributed by atoms with Crippen molar-refractivity contribution < 1.29 is 9.84 Å². The third kappa shape index (κ3) is 5.47. The van der Waals surface area contributed by atoms with Crippen LogP contribution >= 0.6 is 0 Å². The summed E-state index contributed by atoms with van der Waals surface area (Å²) in [4.78, 5) is 13.8. The molecular formula is C30H32N10O2. The second-order valence-electron chi connectivity index (χ2n) is 10.5. The quantitative estimate of drug-likeness (QED) is 0.288. The van der Waals surface area contributed by atoms with Crippen LogP contribution in [0.3, 0.4) is 0 Å². The van der Waals surface area contributed by atoms with Gasteiger partial charge in [0, 0.05) is 85.8 Å². The Balaban J connectivity index is 1.23. The van der Waals surface area contributed by atoms with Gasteiger partial charge in [-0.2, -0.15) is 10.4 Å². The van der Waals surface area contributed by atoms with Gasteiger partial charge in [-0.1, -0.05) is 6.07 Å². The molecule has 0 saturated carbocycles. The Hall–Kier alpha value is -4.99. The number of nitrogen functional groups attached to an aromatic ring is 1. The number of methoxy groups -OCH3 is 1. The molecule has 12 heteroatoms. The maximum absolute atomic E-state index is 9.85. The first-order chi connectivity index (χ1) is 20.4. The minimum atomic E-state index is -0.516. The molecule has 5 aromatic rings. The molecule has 42 heavy (non-hydrogen) atoms. The molecule has 1 aliphatic heterocycles. The molecule has 0 amide bonds. The molecule has 1 atom stereocenters. The summed E-state index contributed by atoms with van der Waals surface area (Å²) in [6.45, 7) is 6.52. The van der Waals surface area contributed by atoms with Gasteiger partial charge in [-0.3, -0.25) is 9.58 Å². The van der Waals surface area contributed by atoms with E-state index in [1.807, 2.05) is 49.1 Å². The van der Waals surface area contributed by atoms with Crippen molar-refractivity contribution in [3.05, 3.63) is 72.4 Å². The number of nitriles is 1. The maximum Gasteiger partial charge on any atom is 0.212 e. The maximum atomic E-state index is 9.85. The third-order valence-corrected chi connectivity index (χ3v) is 7.45. The molecule has 6 rings (SSSR count). The fourth-order valence-corrected chi connectivity index (χ4v) is 5.32. The molecule has 214 valence electrons. The number of hydrogen-bond donors (Lipinski definition) is 2. The lowest BCUT2D eigenvalue weighted by molar-refractivity contribution is 0.168. The standard InChI is InChI=1S/C30H32N10O2/c1-20(41)16-39-18-24(15-35-39)23-11-25(29-26(12-31)30(32)36-40(29)19-23)22-4-5-27(33-14-22)38-9-7-37(8-10-38)17-21-3-6-28(42-2)34-13-21/h3-6,11,13-15,18-20,41H,7-10,16-17H2,1-2H3,(H2,32,36)/t20-/m0/s1. The van der Waals surface area contributed by atoms with E-state index in [9.17, 15) is 10.4 Å². The van der Waals surface area contributed by atoms with E-state index in [2.05, 4.69) is 37.1 Å². The molecule has 1 saturated heterocycles. The number of rotatable bonds is 8. The van der Waals surface area contributed by atoms with Gasteiger partial charge in [0.1, 0.15) is 17.5 Å². The highest BCUT2D eigenvalue weighted by atomic mass is 16.5. The summed E-state index contributed by atoms with van der Waals surface area (Å²) in [6, 6.07) is 12.2. The van der Waals surface area contributed by atoms with Crippen LogP contribution in [0.1, 0.15) is 18.1 Å². The Morgan fingerprint density at radius 3 is 2.52 bits per heavy atom. The Kier molecular flexibility index (Phi) is 7.43. The zero-order valence-electron chi connectivity index (χ0n) is 23.6. The van der Waals surface area contributed by atoms with Gasteiger partial charge in [0.25, 0.3) is 0 Å². The van der Waals surface area contributed by atoms with Crippen LogP contribution in [0.25, 0.3) is 27.8 Å². The van der Waals surface area contributed by atoms with E-state index in [1.165, 1.54) is 0 Å². The molecule has 12 nitrogen and oxygen atoms in total. The monoisotopic (exact) mass is 564 g/mol. The lowest BCUT2D eigenvalue weighted by atomic mass is 10.0. The van der Waals surface area contributed by atoms with Crippen molar-refractivity contribution in [1.82, 2.24) is 34.3 Å².